The van der Waals surface area contributed by atoms with E-state index in [0.717, 1.165) is 17.3 Å². The first-order valence-corrected chi connectivity index (χ1v) is 6.69. The molecule has 0 saturated carbocycles. The lowest BCUT2D eigenvalue weighted by molar-refractivity contribution is 0.0679. The fraction of sp³-hybridized carbons (Fsp3) is 0.333. The monoisotopic (exact) mass is 289 g/mol. The van der Waals surface area contributed by atoms with E-state index in [2.05, 4.69) is 10.2 Å². The van der Waals surface area contributed by atoms with Crippen molar-refractivity contribution in [3.8, 4) is 5.75 Å². The molecule has 0 fully saturated rings. The SMILES string of the molecule is CC1(C)CN(C(=O)c2ccc(O)cc2F)Cc2cn[nH]c21. The molecule has 21 heavy (non-hydrogen) atoms. The van der Waals surface area contributed by atoms with Gasteiger partial charge < -0.3 is 10.0 Å². The van der Waals surface area contributed by atoms with Crippen LogP contribution < -0.4 is 0 Å². The Balaban J connectivity index is 1.93. The number of carbonyl (C=O) groups excluding carboxylic acids is 1. The maximum absolute atomic E-state index is 13.9. The summed E-state index contributed by atoms with van der Waals surface area (Å²) in [5, 5.41) is 16.2. The van der Waals surface area contributed by atoms with E-state index in [1.807, 2.05) is 13.8 Å². The first-order chi connectivity index (χ1) is 9.88. The van der Waals surface area contributed by atoms with Crippen LogP contribution in [0.5, 0.6) is 5.75 Å². The van der Waals surface area contributed by atoms with Crippen LogP contribution in [0, 0.1) is 5.82 Å². The second-order valence-corrected chi connectivity index (χ2v) is 5.98. The Morgan fingerprint density at radius 1 is 1.48 bits per heavy atom. The standard InChI is InChI=1S/C15H16FN3O2/c1-15(2)8-19(7-9-6-17-18-13(9)15)14(21)11-4-3-10(20)5-12(11)16/h3-6,20H,7-8H2,1-2H3,(H,17,18). The van der Waals surface area contributed by atoms with Crippen molar-refractivity contribution in [1.82, 2.24) is 15.1 Å². The van der Waals surface area contributed by atoms with E-state index in [-0.39, 0.29) is 22.6 Å². The fourth-order valence-electron chi connectivity index (χ4n) is 2.83. The summed E-state index contributed by atoms with van der Waals surface area (Å²) < 4.78 is 13.9. The molecule has 0 bridgehead atoms. The number of hydrogen-bond donors (Lipinski definition) is 2. The molecule has 2 heterocycles. The van der Waals surface area contributed by atoms with Crippen molar-refractivity contribution >= 4 is 5.91 Å². The summed E-state index contributed by atoms with van der Waals surface area (Å²) in [6.07, 6.45) is 1.70. The van der Waals surface area contributed by atoms with Crippen molar-refractivity contribution in [2.45, 2.75) is 25.8 Å². The van der Waals surface area contributed by atoms with Crippen LogP contribution in [0.1, 0.15) is 35.5 Å². The van der Waals surface area contributed by atoms with E-state index in [4.69, 9.17) is 0 Å². The van der Waals surface area contributed by atoms with Crippen molar-refractivity contribution in [3.05, 3.63) is 47.0 Å². The number of nitrogens with zero attached hydrogens (tertiary/aromatic N) is 2. The third-order valence-electron chi connectivity index (χ3n) is 3.81. The second kappa shape index (κ2) is 4.58. The first-order valence-electron chi connectivity index (χ1n) is 6.69. The van der Waals surface area contributed by atoms with Gasteiger partial charge in [0.15, 0.2) is 0 Å². The van der Waals surface area contributed by atoms with Crippen LogP contribution in [0.4, 0.5) is 4.39 Å². The number of H-pyrrole nitrogens is 1. The van der Waals surface area contributed by atoms with Gasteiger partial charge in [0.05, 0.1) is 11.8 Å². The third-order valence-corrected chi connectivity index (χ3v) is 3.81. The minimum absolute atomic E-state index is 0.0319. The Hall–Kier alpha value is -2.37. The first kappa shape index (κ1) is 13.6. The van der Waals surface area contributed by atoms with E-state index in [9.17, 15) is 14.3 Å². The minimum Gasteiger partial charge on any atom is -0.508 e. The maximum atomic E-state index is 13.9. The number of aromatic amines is 1. The molecule has 6 heteroatoms. The predicted molar refractivity (Wildman–Crippen MR) is 74.4 cm³/mol. The van der Waals surface area contributed by atoms with Gasteiger partial charge in [-0.2, -0.15) is 5.10 Å². The molecule has 1 amide bonds. The number of rotatable bonds is 1. The van der Waals surface area contributed by atoms with Crippen molar-refractivity contribution < 1.29 is 14.3 Å². The third kappa shape index (κ3) is 2.26. The molecule has 0 spiro atoms. The van der Waals surface area contributed by atoms with E-state index in [1.165, 1.54) is 12.1 Å². The molecule has 1 aromatic heterocycles. The zero-order chi connectivity index (χ0) is 15.2. The summed E-state index contributed by atoms with van der Waals surface area (Å²) in [4.78, 5) is 14.1. The smallest absolute Gasteiger partial charge is 0.257 e. The second-order valence-electron chi connectivity index (χ2n) is 5.98. The zero-order valence-corrected chi connectivity index (χ0v) is 11.9. The lowest BCUT2D eigenvalue weighted by atomic mass is 9.83. The Morgan fingerprint density at radius 2 is 2.24 bits per heavy atom. The topological polar surface area (TPSA) is 69.2 Å². The number of aromatic nitrogens is 2. The Morgan fingerprint density at radius 3 is 2.95 bits per heavy atom. The average molecular weight is 289 g/mol. The van der Waals surface area contributed by atoms with Gasteiger partial charge in [0.2, 0.25) is 0 Å². The molecule has 0 saturated heterocycles. The minimum atomic E-state index is -0.712. The Kier molecular flexibility index (Phi) is 2.97. The molecule has 2 N–H and O–H groups in total. The average Bonchev–Trinajstić information content (AvgIpc) is 2.86. The van der Waals surface area contributed by atoms with Gasteiger partial charge in [-0.3, -0.25) is 9.89 Å². The number of phenols is 1. The largest absolute Gasteiger partial charge is 0.508 e. The van der Waals surface area contributed by atoms with Crippen LogP contribution >= 0.6 is 0 Å². The van der Waals surface area contributed by atoms with E-state index < -0.39 is 5.82 Å². The van der Waals surface area contributed by atoms with Crippen LogP contribution in [0.2, 0.25) is 0 Å². The lowest BCUT2D eigenvalue weighted by Crippen LogP contribution is -2.45. The Bertz CT molecular complexity index is 709. The van der Waals surface area contributed by atoms with Gasteiger partial charge in [0, 0.05) is 35.8 Å². The highest BCUT2D eigenvalue weighted by atomic mass is 19.1. The highest BCUT2D eigenvalue weighted by molar-refractivity contribution is 5.94. The summed E-state index contributed by atoms with van der Waals surface area (Å²) in [6, 6.07) is 3.57. The molecule has 2 aromatic rings. The van der Waals surface area contributed by atoms with Gasteiger partial charge in [-0.05, 0) is 12.1 Å². The number of benzene rings is 1. The van der Waals surface area contributed by atoms with Crippen molar-refractivity contribution in [1.29, 1.82) is 0 Å². The molecule has 0 atom stereocenters. The van der Waals surface area contributed by atoms with Crippen LogP contribution in [-0.4, -0.2) is 32.7 Å². The van der Waals surface area contributed by atoms with Gasteiger partial charge in [0.1, 0.15) is 11.6 Å². The number of carbonyl (C=O) groups is 1. The fourth-order valence-corrected chi connectivity index (χ4v) is 2.83. The van der Waals surface area contributed by atoms with Crippen molar-refractivity contribution in [2.75, 3.05) is 6.54 Å². The van der Waals surface area contributed by atoms with Gasteiger partial charge >= 0.3 is 0 Å². The van der Waals surface area contributed by atoms with Crippen LogP contribution in [0.25, 0.3) is 0 Å². The molecule has 110 valence electrons. The molecule has 0 radical (unpaired) electrons. The molecular formula is C15H16FN3O2. The summed E-state index contributed by atoms with van der Waals surface area (Å²) >= 11 is 0. The van der Waals surface area contributed by atoms with Crippen LogP contribution in [0.3, 0.4) is 0 Å². The molecule has 0 aliphatic carbocycles. The highest BCUT2D eigenvalue weighted by Gasteiger charge is 2.36. The van der Waals surface area contributed by atoms with Crippen LogP contribution in [-0.2, 0) is 12.0 Å². The number of fused-ring (bicyclic) bond motifs is 1. The van der Waals surface area contributed by atoms with E-state index >= 15 is 0 Å². The summed E-state index contributed by atoms with van der Waals surface area (Å²) in [7, 11) is 0. The molecule has 1 aliphatic rings. The number of amides is 1. The molecule has 3 rings (SSSR count). The van der Waals surface area contributed by atoms with E-state index in [0.29, 0.717) is 13.1 Å². The molecule has 0 unspecified atom stereocenters. The Labute approximate surface area is 121 Å². The van der Waals surface area contributed by atoms with Crippen LogP contribution in [0.15, 0.2) is 24.4 Å². The zero-order valence-electron chi connectivity index (χ0n) is 11.9. The van der Waals surface area contributed by atoms with Gasteiger partial charge in [-0.1, -0.05) is 13.8 Å². The molecule has 1 aromatic carbocycles. The normalized spacial score (nSPS) is 16.6. The van der Waals surface area contributed by atoms with E-state index in [1.54, 1.807) is 11.1 Å². The lowest BCUT2D eigenvalue weighted by Gasteiger charge is -2.37. The molecule has 1 aliphatic heterocycles. The van der Waals surface area contributed by atoms with Crippen molar-refractivity contribution in [2.24, 2.45) is 0 Å². The number of aromatic hydroxyl groups is 1. The quantitative estimate of drug-likeness (QED) is 0.845. The number of nitrogens with one attached hydrogen (secondary N) is 1. The number of hydrogen-bond acceptors (Lipinski definition) is 3. The van der Waals surface area contributed by atoms with Crippen molar-refractivity contribution in [3.63, 3.8) is 0 Å². The van der Waals surface area contributed by atoms with Gasteiger partial charge in [-0.25, -0.2) is 4.39 Å². The number of phenolic OH excluding ortho intramolecular Hbond substituents is 1. The highest BCUT2D eigenvalue weighted by Crippen LogP contribution is 2.32. The number of halogens is 1. The van der Waals surface area contributed by atoms with Gasteiger partial charge in [-0.15, -0.1) is 0 Å². The predicted octanol–water partition coefficient (Wildman–Crippen LogP) is 2.19. The summed E-state index contributed by atoms with van der Waals surface area (Å²) in [5.74, 6) is -1.29. The summed E-state index contributed by atoms with van der Waals surface area (Å²) in [5.41, 5.74) is 1.65. The van der Waals surface area contributed by atoms with Gasteiger partial charge in [0.25, 0.3) is 5.91 Å². The molecule has 5 nitrogen and oxygen atoms in total. The molecular weight excluding hydrogens is 273 g/mol. The summed E-state index contributed by atoms with van der Waals surface area (Å²) in [6.45, 7) is 4.89. The maximum Gasteiger partial charge on any atom is 0.257 e.